The number of anilines is 1. The van der Waals surface area contributed by atoms with Crippen LogP contribution in [0.1, 0.15) is 6.92 Å². The molecule has 1 heterocycles. The molecule has 0 N–H and O–H groups in total. The Hall–Kier alpha value is -2.95. The number of carbonyl (C=O) groups is 1. The van der Waals surface area contributed by atoms with Crippen LogP contribution in [0.3, 0.4) is 0 Å². The van der Waals surface area contributed by atoms with E-state index in [2.05, 4.69) is 10.1 Å². The Morgan fingerprint density at radius 2 is 1.83 bits per heavy atom. The van der Waals surface area contributed by atoms with Crippen molar-refractivity contribution in [3.63, 3.8) is 0 Å². The molecule has 5 heteroatoms. The summed E-state index contributed by atoms with van der Waals surface area (Å²) >= 11 is 0. The SMILES string of the molecule is COc1ccccc1N=C[C@H]1C(=O)N(c2ccccc2)N=C1C. The molecule has 2 aromatic carbocycles. The fraction of sp³-hybridized carbons (Fsp3) is 0.167. The van der Waals surface area contributed by atoms with E-state index < -0.39 is 5.92 Å². The van der Waals surface area contributed by atoms with Crippen LogP contribution in [-0.2, 0) is 4.79 Å². The van der Waals surface area contributed by atoms with Gasteiger partial charge in [-0.15, -0.1) is 0 Å². The van der Waals surface area contributed by atoms with E-state index in [4.69, 9.17) is 4.74 Å². The summed E-state index contributed by atoms with van der Waals surface area (Å²) in [7, 11) is 1.60. The van der Waals surface area contributed by atoms with Crippen molar-refractivity contribution in [1.29, 1.82) is 0 Å². The highest BCUT2D eigenvalue weighted by Crippen LogP contribution is 2.27. The number of hydrogen-bond donors (Lipinski definition) is 0. The van der Waals surface area contributed by atoms with Gasteiger partial charge in [0.05, 0.1) is 18.5 Å². The fourth-order valence-electron chi connectivity index (χ4n) is 2.40. The summed E-state index contributed by atoms with van der Waals surface area (Å²) in [5, 5.41) is 5.78. The first kappa shape index (κ1) is 15.0. The van der Waals surface area contributed by atoms with E-state index in [-0.39, 0.29) is 5.91 Å². The van der Waals surface area contributed by atoms with Gasteiger partial charge in [0, 0.05) is 6.21 Å². The average molecular weight is 307 g/mol. The Kier molecular flexibility index (Phi) is 4.19. The van der Waals surface area contributed by atoms with E-state index >= 15 is 0 Å². The fourth-order valence-corrected chi connectivity index (χ4v) is 2.40. The molecule has 3 rings (SSSR count). The smallest absolute Gasteiger partial charge is 0.261 e. The van der Waals surface area contributed by atoms with Crippen LogP contribution >= 0.6 is 0 Å². The molecular weight excluding hydrogens is 290 g/mol. The third kappa shape index (κ3) is 2.99. The van der Waals surface area contributed by atoms with Crippen LogP contribution in [0.5, 0.6) is 5.75 Å². The summed E-state index contributed by atoms with van der Waals surface area (Å²) < 4.78 is 5.27. The topological polar surface area (TPSA) is 54.3 Å². The number of hydrogen-bond acceptors (Lipinski definition) is 4. The highest BCUT2D eigenvalue weighted by atomic mass is 16.5. The zero-order valence-electron chi connectivity index (χ0n) is 13.0. The molecule has 0 fully saturated rings. The van der Waals surface area contributed by atoms with Crippen molar-refractivity contribution in [2.75, 3.05) is 12.1 Å². The molecule has 0 bridgehead atoms. The molecular formula is C18H17N3O2. The molecule has 0 saturated carbocycles. The zero-order chi connectivity index (χ0) is 16.2. The van der Waals surface area contributed by atoms with E-state index in [1.165, 1.54) is 5.01 Å². The van der Waals surface area contributed by atoms with Crippen molar-refractivity contribution < 1.29 is 9.53 Å². The summed E-state index contributed by atoms with van der Waals surface area (Å²) in [6.07, 6.45) is 1.63. The number of para-hydroxylation sites is 3. The van der Waals surface area contributed by atoms with Crippen molar-refractivity contribution in [1.82, 2.24) is 0 Å². The quantitative estimate of drug-likeness (QED) is 0.813. The van der Waals surface area contributed by atoms with Crippen molar-refractivity contribution in [2.24, 2.45) is 16.0 Å². The lowest BCUT2D eigenvalue weighted by Crippen LogP contribution is -2.27. The van der Waals surface area contributed by atoms with E-state index in [0.29, 0.717) is 11.4 Å². The molecule has 0 radical (unpaired) electrons. The second-order valence-corrected chi connectivity index (χ2v) is 5.15. The Bertz CT molecular complexity index is 769. The molecule has 0 spiro atoms. The van der Waals surface area contributed by atoms with Crippen LogP contribution in [0.15, 0.2) is 64.7 Å². The maximum Gasteiger partial charge on any atom is 0.261 e. The number of carbonyl (C=O) groups excluding carboxylic acids is 1. The van der Waals surface area contributed by atoms with Gasteiger partial charge in [0.1, 0.15) is 17.4 Å². The minimum atomic E-state index is -0.458. The van der Waals surface area contributed by atoms with Crippen LogP contribution in [0.4, 0.5) is 11.4 Å². The van der Waals surface area contributed by atoms with Crippen LogP contribution in [0, 0.1) is 5.92 Å². The Balaban J connectivity index is 1.83. The van der Waals surface area contributed by atoms with E-state index in [9.17, 15) is 4.79 Å². The average Bonchev–Trinajstić information content (AvgIpc) is 2.88. The van der Waals surface area contributed by atoms with Gasteiger partial charge >= 0.3 is 0 Å². The van der Waals surface area contributed by atoms with Crippen LogP contribution in [0.2, 0.25) is 0 Å². The summed E-state index contributed by atoms with van der Waals surface area (Å²) in [5.41, 5.74) is 2.16. The van der Waals surface area contributed by atoms with Gasteiger partial charge < -0.3 is 4.74 Å². The van der Waals surface area contributed by atoms with E-state index in [1.54, 1.807) is 13.3 Å². The molecule has 0 aromatic heterocycles. The first-order valence-corrected chi connectivity index (χ1v) is 7.32. The Labute approximate surface area is 134 Å². The molecule has 1 aliphatic heterocycles. The van der Waals surface area contributed by atoms with Gasteiger partial charge in [-0.1, -0.05) is 30.3 Å². The van der Waals surface area contributed by atoms with Gasteiger partial charge in [0.2, 0.25) is 0 Å². The number of nitrogens with zero attached hydrogens (tertiary/aromatic N) is 3. The highest BCUT2D eigenvalue weighted by molar-refractivity contribution is 6.23. The van der Waals surface area contributed by atoms with Crippen LogP contribution in [-0.4, -0.2) is 24.9 Å². The molecule has 2 aromatic rings. The van der Waals surface area contributed by atoms with Crippen LogP contribution < -0.4 is 9.75 Å². The van der Waals surface area contributed by atoms with Crippen molar-refractivity contribution in [2.45, 2.75) is 6.92 Å². The first-order chi connectivity index (χ1) is 11.2. The number of ether oxygens (including phenoxy) is 1. The van der Waals surface area contributed by atoms with Crippen molar-refractivity contribution >= 4 is 29.2 Å². The monoisotopic (exact) mass is 307 g/mol. The molecule has 116 valence electrons. The van der Waals surface area contributed by atoms with E-state index in [1.807, 2.05) is 61.5 Å². The lowest BCUT2D eigenvalue weighted by atomic mass is 10.1. The first-order valence-electron chi connectivity index (χ1n) is 7.32. The predicted octanol–water partition coefficient (Wildman–Crippen LogP) is 3.44. The van der Waals surface area contributed by atoms with Gasteiger partial charge in [0.25, 0.3) is 5.91 Å². The summed E-state index contributed by atoms with van der Waals surface area (Å²) in [6.45, 7) is 1.83. The molecule has 0 saturated heterocycles. The highest BCUT2D eigenvalue weighted by Gasteiger charge is 2.33. The minimum Gasteiger partial charge on any atom is -0.494 e. The predicted molar refractivity (Wildman–Crippen MR) is 91.7 cm³/mol. The molecule has 1 aliphatic rings. The largest absolute Gasteiger partial charge is 0.494 e. The molecule has 0 aliphatic carbocycles. The standard InChI is InChI=1S/C18H17N3O2/c1-13-15(12-19-16-10-6-7-11-17(16)23-2)18(22)21(20-13)14-8-4-3-5-9-14/h3-12,15H,1-2H3/t15-/m1/s1. The number of rotatable bonds is 4. The summed E-state index contributed by atoms with van der Waals surface area (Å²) in [5.74, 6) is 0.108. The second-order valence-electron chi connectivity index (χ2n) is 5.15. The number of aliphatic imine (C=N–C) groups is 1. The van der Waals surface area contributed by atoms with E-state index in [0.717, 1.165) is 11.4 Å². The van der Waals surface area contributed by atoms with Crippen molar-refractivity contribution in [3.8, 4) is 5.75 Å². The number of methoxy groups -OCH3 is 1. The maximum absolute atomic E-state index is 12.6. The number of amides is 1. The normalized spacial score (nSPS) is 17.7. The molecule has 0 unspecified atom stereocenters. The summed E-state index contributed by atoms with van der Waals surface area (Å²) in [6, 6.07) is 16.8. The maximum atomic E-state index is 12.6. The number of benzene rings is 2. The third-order valence-electron chi connectivity index (χ3n) is 3.63. The molecule has 23 heavy (non-hydrogen) atoms. The molecule has 1 amide bonds. The lowest BCUT2D eigenvalue weighted by Gasteiger charge is -2.12. The van der Waals surface area contributed by atoms with Gasteiger partial charge in [-0.25, -0.2) is 0 Å². The van der Waals surface area contributed by atoms with Crippen molar-refractivity contribution in [3.05, 3.63) is 54.6 Å². The molecule has 1 atom stereocenters. The third-order valence-corrected chi connectivity index (χ3v) is 3.63. The van der Waals surface area contributed by atoms with Gasteiger partial charge in [0.15, 0.2) is 0 Å². The van der Waals surface area contributed by atoms with Gasteiger partial charge in [-0.2, -0.15) is 10.1 Å². The van der Waals surface area contributed by atoms with Gasteiger partial charge in [-0.3, -0.25) is 9.79 Å². The minimum absolute atomic E-state index is 0.104. The zero-order valence-corrected chi connectivity index (χ0v) is 13.0. The number of hydrazone groups is 1. The summed E-state index contributed by atoms with van der Waals surface area (Å²) in [4.78, 5) is 17.0. The Morgan fingerprint density at radius 3 is 2.57 bits per heavy atom. The lowest BCUT2D eigenvalue weighted by molar-refractivity contribution is -0.118. The molecule has 5 nitrogen and oxygen atoms in total. The second kappa shape index (κ2) is 6.44. The Morgan fingerprint density at radius 1 is 1.13 bits per heavy atom. The van der Waals surface area contributed by atoms with Gasteiger partial charge in [-0.05, 0) is 31.2 Å². The van der Waals surface area contributed by atoms with Crippen LogP contribution in [0.25, 0.3) is 0 Å².